The van der Waals surface area contributed by atoms with Crippen molar-refractivity contribution in [3.8, 4) is 0 Å². The molecule has 1 heterocycles. The summed E-state index contributed by atoms with van der Waals surface area (Å²) in [7, 11) is 0. The van der Waals surface area contributed by atoms with Gasteiger partial charge in [0.15, 0.2) is 0 Å². The molecular weight excluding hydrogens is 260 g/mol. The summed E-state index contributed by atoms with van der Waals surface area (Å²) < 4.78 is 6.04. The Labute approximate surface area is 129 Å². The second-order valence-electron chi connectivity index (χ2n) is 7.05. The molecule has 0 radical (unpaired) electrons. The average molecular weight is 290 g/mol. The molecule has 118 valence electrons. The SMILES string of the molecule is CCC(N)C(c1ccc(C)cc1)N1CC(C)OC(C)(C)C1. The first-order chi connectivity index (χ1) is 9.82. The van der Waals surface area contributed by atoms with Crippen molar-refractivity contribution in [1.82, 2.24) is 4.90 Å². The van der Waals surface area contributed by atoms with E-state index in [4.69, 9.17) is 10.5 Å². The number of hydrogen-bond donors (Lipinski definition) is 1. The van der Waals surface area contributed by atoms with Crippen LogP contribution in [-0.2, 0) is 4.74 Å². The van der Waals surface area contributed by atoms with E-state index in [1.54, 1.807) is 0 Å². The van der Waals surface area contributed by atoms with Gasteiger partial charge in [0.2, 0.25) is 0 Å². The molecule has 3 heteroatoms. The van der Waals surface area contributed by atoms with Crippen LogP contribution < -0.4 is 5.73 Å². The molecule has 3 nitrogen and oxygen atoms in total. The normalized spacial score (nSPS) is 25.5. The van der Waals surface area contributed by atoms with Gasteiger partial charge in [-0.15, -0.1) is 0 Å². The molecule has 1 aliphatic heterocycles. The van der Waals surface area contributed by atoms with Crippen molar-refractivity contribution in [3.05, 3.63) is 35.4 Å². The Morgan fingerprint density at radius 2 is 1.95 bits per heavy atom. The van der Waals surface area contributed by atoms with E-state index in [2.05, 4.69) is 63.8 Å². The fourth-order valence-electron chi connectivity index (χ4n) is 3.43. The Kier molecular flexibility index (Phi) is 5.07. The molecule has 21 heavy (non-hydrogen) atoms. The van der Waals surface area contributed by atoms with Crippen LogP contribution in [0, 0.1) is 6.92 Å². The fourth-order valence-corrected chi connectivity index (χ4v) is 3.43. The Balaban J connectivity index is 2.29. The van der Waals surface area contributed by atoms with Gasteiger partial charge in [-0.3, -0.25) is 4.90 Å². The molecule has 1 aromatic carbocycles. The van der Waals surface area contributed by atoms with Crippen molar-refractivity contribution in [2.45, 2.75) is 64.8 Å². The summed E-state index contributed by atoms with van der Waals surface area (Å²) >= 11 is 0. The number of ether oxygens (including phenoxy) is 1. The number of rotatable bonds is 4. The predicted octanol–water partition coefficient (Wildman–Crippen LogP) is 3.27. The van der Waals surface area contributed by atoms with Crippen LogP contribution >= 0.6 is 0 Å². The molecule has 2 rings (SSSR count). The molecule has 0 aliphatic carbocycles. The zero-order chi connectivity index (χ0) is 15.6. The lowest BCUT2D eigenvalue weighted by molar-refractivity contribution is -0.140. The standard InChI is InChI=1S/C18H30N2O/c1-6-16(19)17(15-9-7-13(2)8-10-15)20-11-14(3)21-18(4,5)12-20/h7-10,14,16-17H,6,11-12,19H2,1-5H3. The molecule has 0 saturated carbocycles. The summed E-state index contributed by atoms with van der Waals surface area (Å²) in [5.41, 5.74) is 8.96. The van der Waals surface area contributed by atoms with E-state index in [-0.39, 0.29) is 23.8 Å². The van der Waals surface area contributed by atoms with E-state index in [0.29, 0.717) is 0 Å². The summed E-state index contributed by atoms with van der Waals surface area (Å²) in [5.74, 6) is 0. The third-order valence-electron chi connectivity index (χ3n) is 4.28. The van der Waals surface area contributed by atoms with Gasteiger partial charge in [-0.25, -0.2) is 0 Å². The Morgan fingerprint density at radius 1 is 1.33 bits per heavy atom. The van der Waals surface area contributed by atoms with Crippen molar-refractivity contribution in [3.63, 3.8) is 0 Å². The van der Waals surface area contributed by atoms with Crippen LogP contribution in [0.3, 0.4) is 0 Å². The topological polar surface area (TPSA) is 38.5 Å². The van der Waals surface area contributed by atoms with Crippen LogP contribution in [0.5, 0.6) is 0 Å². The summed E-state index contributed by atoms with van der Waals surface area (Å²) in [4.78, 5) is 2.51. The van der Waals surface area contributed by atoms with E-state index >= 15 is 0 Å². The van der Waals surface area contributed by atoms with Crippen molar-refractivity contribution in [2.24, 2.45) is 5.73 Å². The maximum Gasteiger partial charge on any atom is 0.0757 e. The lowest BCUT2D eigenvalue weighted by Gasteiger charge is -2.46. The molecule has 2 N–H and O–H groups in total. The van der Waals surface area contributed by atoms with Gasteiger partial charge in [-0.05, 0) is 39.7 Å². The second-order valence-corrected chi connectivity index (χ2v) is 7.05. The molecule has 0 amide bonds. The highest BCUT2D eigenvalue weighted by atomic mass is 16.5. The van der Waals surface area contributed by atoms with Crippen LogP contribution in [0.15, 0.2) is 24.3 Å². The quantitative estimate of drug-likeness (QED) is 0.925. The molecule has 1 aliphatic rings. The molecule has 1 saturated heterocycles. The summed E-state index contributed by atoms with van der Waals surface area (Å²) in [6, 6.07) is 9.22. The third kappa shape index (κ3) is 4.06. The monoisotopic (exact) mass is 290 g/mol. The van der Waals surface area contributed by atoms with Gasteiger partial charge in [0.1, 0.15) is 0 Å². The van der Waals surface area contributed by atoms with Gasteiger partial charge >= 0.3 is 0 Å². The van der Waals surface area contributed by atoms with E-state index in [9.17, 15) is 0 Å². The first-order valence-electron chi connectivity index (χ1n) is 8.06. The Morgan fingerprint density at radius 3 is 2.48 bits per heavy atom. The second kappa shape index (κ2) is 6.47. The van der Waals surface area contributed by atoms with Gasteiger partial charge in [0.05, 0.1) is 17.7 Å². The minimum Gasteiger partial charge on any atom is -0.370 e. The van der Waals surface area contributed by atoms with E-state index in [1.165, 1.54) is 11.1 Å². The number of nitrogens with zero attached hydrogens (tertiary/aromatic N) is 1. The van der Waals surface area contributed by atoms with E-state index in [1.807, 2.05) is 0 Å². The van der Waals surface area contributed by atoms with Gasteiger partial charge in [-0.2, -0.15) is 0 Å². The van der Waals surface area contributed by atoms with Crippen molar-refractivity contribution in [2.75, 3.05) is 13.1 Å². The number of hydrogen-bond acceptors (Lipinski definition) is 3. The van der Waals surface area contributed by atoms with Gasteiger partial charge < -0.3 is 10.5 Å². The van der Waals surface area contributed by atoms with E-state index < -0.39 is 0 Å². The Bertz CT molecular complexity index is 455. The highest BCUT2D eigenvalue weighted by Crippen LogP contribution is 2.31. The van der Waals surface area contributed by atoms with Crippen LogP contribution in [0.2, 0.25) is 0 Å². The molecule has 1 fully saturated rings. The number of morpholine rings is 1. The molecule has 0 spiro atoms. The van der Waals surface area contributed by atoms with Gasteiger partial charge in [-0.1, -0.05) is 36.8 Å². The van der Waals surface area contributed by atoms with Crippen molar-refractivity contribution < 1.29 is 4.74 Å². The maximum atomic E-state index is 6.47. The average Bonchev–Trinajstić information content (AvgIpc) is 2.38. The van der Waals surface area contributed by atoms with Gasteiger partial charge in [0.25, 0.3) is 0 Å². The molecule has 3 atom stereocenters. The lowest BCUT2D eigenvalue weighted by atomic mass is 9.93. The number of benzene rings is 1. The molecule has 1 aromatic rings. The molecular formula is C18H30N2O. The van der Waals surface area contributed by atoms with Crippen LogP contribution in [-0.4, -0.2) is 35.7 Å². The van der Waals surface area contributed by atoms with Gasteiger partial charge in [0, 0.05) is 19.1 Å². The largest absolute Gasteiger partial charge is 0.370 e. The lowest BCUT2D eigenvalue weighted by Crippen LogP contribution is -2.55. The molecule has 0 bridgehead atoms. The number of nitrogens with two attached hydrogens (primary N) is 1. The van der Waals surface area contributed by atoms with Crippen LogP contribution in [0.4, 0.5) is 0 Å². The number of aryl methyl sites for hydroxylation is 1. The summed E-state index contributed by atoms with van der Waals surface area (Å²) in [5, 5.41) is 0. The van der Waals surface area contributed by atoms with Crippen molar-refractivity contribution >= 4 is 0 Å². The van der Waals surface area contributed by atoms with Crippen molar-refractivity contribution in [1.29, 1.82) is 0 Å². The van der Waals surface area contributed by atoms with Crippen LogP contribution in [0.1, 0.15) is 51.3 Å². The first-order valence-corrected chi connectivity index (χ1v) is 8.06. The highest BCUT2D eigenvalue weighted by molar-refractivity contribution is 5.25. The highest BCUT2D eigenvalue weighted by Gasteiger charge is 2.36. The summed E-state index contributed by atoms with van der Waals surface area (Å²) in [6.45, 7) is 12.6. The first kappa shape index (κ1) is 16.5. The zero-order valence-electron chi connectivity index (χ0n) is 14.1. The minimum absolute atomic E-state index is 0.117. The predicted molar refractivity (Wildman–Crippen MR) is 88.4 cm³/mol. The van der Waals surface area contributed by atoms with E-state index in [0.717, 1.165) is 19.5 Å². The molecule has 0 aromatic heterocycles. The fraction of sp³-hybridized carbons (Fsp3) is 0.667. The Hall–Kier alpha value is -0.900. The van der Waals surface area contributed by atoms with Crippen LogP contribution in [0.25, 0.3) is 0 Å². The maximum absolute atomic E-state index is 6.47. The summed E-state index contributed by atoms with van der Waals surface area (Å²) in [6.07, 6.45) is 1.22. The third-order valence-corrected chi connectivity index (χ3v) is 4.28. The molecule has 3 unspecified atom stereocenters. The zero-order valence-corrected chi connectivity index (χ0v) is 14.1. The smallest absolute Gasteiger partial charge is 0.0757 e. The minimum atomic E-state index is -0.117.